The van der Waals surface area contributed by atoms with Crippen LogP contribution in [-0.2, 0) is 6.54 Å². The number of hydrogen-bond donors (Lipinski definition) is 3. The fourth-order valence-corrected chi connectivity index (χ4v) is 2.77. The Balaban J connectivity index is 1.82. The van der Waals surface area contributed by atoms with Gasteiger partial charge < -0.3 is 20.7 Å². The standard InChI is InChI=1S/C20H25BrN4O2/c1-3-22-20(25-14-15-6-4-9-18(12-15)27-2)24-11-10-23-19(26)16-7-5-8-17(21)13-16/h4-9,12-13H,3,10-11,14H2,1-2H3,(H,23,26)(H2,22,24,25). The van der Waals surface area contributed by atoms with E-state index in [2.05, 4.69) is 36.9 Å². The highest BCUT2D eigenvalue weighted by Gasteiger charge is 2.05. The molecule has 0 radical (unpaired) electrons. The summed E-state index contributed by atoms with van der Waals surface area (Å²) in [5, 5.41) is 9.31. The summed E-state index contributed by atoms with van der Waals surface area (Å²) in [6.07, 6.45) is 0. The number of carbonyl (C=O) groups excluding carboxylic acids is 1. The van der Waals surface area contributed by atoms with Crippen LogP contribution >= 0.6 is 15.9 Å². The summed E-state index contributed by atoms with van der Waals surface area (Å²) < 4.78 is 6.11. The average molecular weight is 433 g/mol. The quantitative estimate of drug-likeness (QED) is 0.340. The minimum absolute atomic E-state index is 0.101. The molecule has 1 amide bonds. The summed E-state index contributed by atoms with van der Waals surface area (Å²) >= 11 is 3.37. The smallest absolute Gasteiger partial charge is 0.251 e. The Bertz CT molecular complexity index is 780. The third kappa shape index (κ3) is 7.30. The summed E-state index contributed by atoms with van der Waals surface area (Å²) in [5.74, 6) is 1.42. The van der Waals surface area contributed by atoms with Crippen LogP contribution < -0.4 is 20.7 Å². The molecule has 0 aliphatic rings. The molecule has 0 bridgehead atoms. The lowest BCUT2D eigenvalue weighted by Crippen LogP contribution is -2.41. The monoisotopic (exact) mass is 432 g/mol. The van der Waals surface area contributed by atoms with Crippen molar-refractivity contribution in [3.63, 3.8) is 0 Å². The predicted molar refractivity (Wildman–Crippen MR) is 112 cm³/mol. The van der Waals surface area contributed by atoms with E-state index in [1.807, 2.05) is 43.3 Å². The summed E-state index contributed by atoms with van der Waals surface area (Å²) in [6, 6.07) is 15.1. The van der Waals surface area contributed by atoms with Crippen molar-refractivity contribution in [2.45, 2.75) is 13.5 Å². The van der Waals surface area contributed by atoms with Crippen LogP contribution in [0.5, 0.6) is 5.75 Å². The molecule has 0 heterocycles. The number of rotatable bonds is 8. The summed E-state index contributed by atoms with van der Waals surface area (Å²) in [7, 11) is 1.65. The molecule has 0 fully saturated rings. The fourth-order valence-electron chi connectivity index (χ4n) is 2.37. The largest absolute Gasteiger partial charge is 0.497 e. The van der Waals surface area contributed by atoms with Crippen molar-refractivity contribution in [3.05, 3.63) is 64.1 Å². The zero-order valence-corrected chi connectivity index (χ0v) is 17.2. The first-order valence-electron chi connectivity index (χ1n) is 8.81. The van der Waals surface area contributed by atoms with Crippen LogP contribution in [0.4, 0.5) is 0 Å². The second-order valence-corrected chi connectivity index (χ2v) is 6.66. The van der Waals surface area contributed by atoms with Crippen LogP contribution in [0.1, 0.15) is 22.8 Å². The maximum absolute atomic E-state index is 12.1. The highest BCUT2D eigenvalue weighted by molar-refractivity contribution is 9.10. The topological polar surface area (TPSA) is 74.8 Å². The van der Waals surface area contributed by atoms with Crippen LogP contribution in [0.3, 0.4) is 0 Å². The van der Waals surface area contributed by atoms with Gasteiger partial charge in [-0.3, -0.25) is 4.79 Å². The summed E-state index contributed by atoms with van der Waals surface area (Å²) in [4.78, 5) is 16.7. The van der Waals surface area contributed by atoms with E-state index in [4.69, 9.17) is 4.74 Å². The van der Waals surface area contributed by atoms with Crippen molar-refractivity contribution in [1.29, 1.82) is 0 Å². The molecule has 2 aromatic rings. The molecule has 7 heteroatoms. The van der Waals surface area contributed by atoms with E-state index in [-0.39, 0.29) is 5.91 Å². The van der Waals surface area contributed by atoms with Gasteiger partial charge in [0.15, 0.2) is 5.96 Å². The van der Waals surface area contributed by atoms with Crippen LogP contribution in [0.2, 0.25) is 0 Å². The Morgan fingerprint density at radius 1 is 1.07 bits per heavy atom. The SMILES string of the molecule is CCNC(=NCc1cccc(OC)c1)NCCNC(=O)c1cccc(Br)c1. The molecule has 2 aromatic carbocycles. The summed E-state index contributed by atoms with van der Waals surface area (Å²) in [5.41, 5.74) is 1.69. The fraction of sp³-hybridized carbons (Fsp3) is 0.300. The predicted octanol–water partition coefficient (Wildman–Crippen LogP) is 2.94. The van der Waals surface area contributed by atoms with Crippen molar-refractivity contribution in [1.82, 2.24) is 16.0 Å². The first-order chi connectivity index (χ1) is 13.1. The number of aliphatic imine (C=N–C) groups is 1. The zero-order chi connectivity index (χ0) is 19.5. The molecule has 0 unspecified atom stereocenters. The van der Waals surface area contributed by atoms with Gasteiger partial charge in [0.1, 0.15) is 5.75 Å². The first kappa shape index (κ1) is 20.8. The lowest BCUT2D eigenvalue weighted by atomic mass is 10.2. The Morgan fingerprint density at radius 2 is 1.85 bits per heavy atom. The first-order valence-corrected chi connectivity index (χ1v) is 9.60. The van der Waals surface area contributed by atoms with E-state index >= 15 is 0 Å². The number of hydrogen-bond acceptors (Lipinski definition) is 3. The van der Waals surface area contributed by atoms with E-state index in [9.17, 15) is 4.79 Å². The molecule has 0 spiro atoms. The normalized spacial score (nSPS) is 11.0. The van der Waals surface area contributed by atoms with Gasteiger partial charge in [0.2, 0.25) is 0 Å². The van der Waals surface area contributed by atoms with Gasteiger partial charge in [0, 0.05) is 29.7 Å². The Hall–Kier alpha value is -2.54. The Labute approximate surface area is 168 Å². The van der Waals surface area contributed by atoms with E-state index in [1.54, 1.807) is 19.2 Å². The van der Waals surface area contributed by atoms with Gasteiger partial charge in [0.05, 0.1) is 13.7 Å². The van der Waals surface area contributed by atoms with Gasteiger partial charge >= 0.3 is 0 Å². The van der Waals surface area contributed by atoms with Gasteiger partial charge in [-0.15, -0.1) is 0 Å². The van der Waals surface area contributed by atoms with E-state index in [0.29, 0.717) is 31.2 Å². The number of nitrogens with zero attached hydrogens (tertiary/aromatic N) is 1. The number of methoxy groups -OCH3 is 1. The molecule has 0 saturated heterocycles. The minimum atomic E-state index is -0.101. The molecule has 2 rings (SSSR count). The number of halogens is 1. The lowest BCUT2D eigenvalue weighted by Gasteiger charge is -2.12. The van der Waals surface area contributed by atoms with E-state index in [1.165, 1.54) is 0 Å². The number of carbonyl (C=O) groups is 1. The van der Waals surface area contributed by atoms with Gasteiger partial charge in [-0.25, -0.2) is 4.99 Å². The molecular formula is C20H25BrN4O2. The van der Waals surface area contributed by atoms with Gasteiger partial charge in [0.25, 0.3) is 5.91 Å². The third-order valence-corrected chi connectivity index (χ3v) is 4.18. The maximum Gasteiger partial charge on any atom is 0.251 e. The van der Waals surface area contributed by atoms with Crippen LogP contribution in [0.15, 0.2) is 58.0 Å². The van der Waals surface area contributed by atoms with E-state index < -0.39 is 0 Å². The molecular weight excluding hydrogens is 408 g/mol. The minimum Gasteiger partial charge on any atom is -0.497 e. The van der Waals surface area contributed by atoms with Gasteiger partial charge in [-0.1, -0.05) is 34.1 Å². The molecule has 0 saturated carbocycles. The van der Waals surface area contributed by atoms with Gasteiger partial charge in [-0.05, 0) is 42.8 Å². The maximum atomic E-state index is 12.1. The molecule has 0 aromatic heterocycles. The molecule has 0 aliphatic carbocycles. The average Bonchev–Trinajstić information content (AvgIpc) is 2.69. The molecule has 6 nitrogen and oxygen atoms in total. The number of amides is 1. The Morgan fingerprint density at radius 3 is 2.59 bits per heavy atom. The van der Waals surface area contributed by atoms with Crippen molar-refractivity contribution in [3.8, 4) is 5.75 Å². The zero-order valence-electron chi connectivity index (χ0n) is 15.6. The lowest BCUT2D eigenvalue weighted by molar-refractivity contribution is 0.0954. The molecule has 3 N–H and O–H groups in total. The second kappa shape index (κ2) is 11.2. The summed E-state index contributed by atoms with van der Waals surface area (Å²) in [6.45, 7) is 4.38. The molecule has 144 valence electrons. The van der Waals surface area contributed by atoms with E-state index in [0.717, 1.165) is 22.3 Å². The molecule has 0 aliphatic heterocycles. The highest BCUT2D eigenvalue weighted by atomic mass is 79.9. The van der Waals surface area contributed by atoms with Crippen molar-refractivity contribution < 1.29 is 9.53 Å². The number of guanidine groups is 1. The van der Waals surface area contributed by atoms with Crippen molar-refractivity contribution in [2.75, 3.05) is 26.7 Å². The molecule has 27 heavy (non-hydrogen) atoms. The second-order valence-electron chi connectivity index (χ2n) is 5.74. The van der Waals surface area contributed by atoms with Crippen molar-refractivity contribution >= 4 is 27.8 Å². The van der Waals surface area contributed by atoms with Crippen LogP contribution in [0, 0.1) is 0 Å². The highest BCUT2D eigenvalue weighted by Crippen LogP contribution is 2.13. The van der Waals surface area contributed by atoms with Crippen LogP contribution in [0.25, 0.3) is 0 Å². The number of ether oxygens (including phenoxy) is 1. The Kier molecular flexibility index (Phi) is 8.64. The number of nitrogens with one attached hydrogen (secondary N) is 3. The van der Waals surface area contributed by atoms with Gasteiger partial charge in [-0.2, -0.15) is 0 Å². The third-order valence-electron chi connectivity index (χ3n) is 3.69. The van der Waals surface area contributed by atoms with Crippen molar-refractivity contribution in [2.24, 2.45) is 4.99 Å². The van der Waals surface area contributed by atoms with Crippen LogP contribution in [-0.4, -0.2) is 38.6 Å². The number of benzene rings is 2. The molecule has 0 atom stereocenters.